The summed E-state index contributed by atoms with van der Waals surface area (Å²) in [5.74, 6) is 0. The summed E-state index contributed by atoms with van der Waals surface area (Å²) < 4.78 is 10.1. The van der Waals surface area contributed by atoms with E-state index in [0.717, 1.165) is 34.2 Å². The molecular weight excluding hydrogens is 583 g/mol. The number of benzene rings is 4. The van der Waals surface area contributed by atoms with E-state index in [1.54, 1.807) is 0 Å². The van der Waals surface area contributed by atoms with Crippen LogP contribution in [0, 0.1) is 5.41 Å². The van der Waals surface area contributed by atoms with E-state index in [-0.39, 0.29) is 16.9 Å². The van der Waals surface area contributed by atoms with Gasteiger partial charge in [-0.3, -0.25) is 4.84 Å². The number of hydrogen-bond acceptors (Lipinski definition) is 2. The van der Waals surface area contributed by atoms with Gasteiger partial charge in [-0.1, -0.05) is 133 Å². The largest absolute Gasteiger partial charge is 0.311 e. The molecule has 1 heterocycles. The molecule has 1 aromatic heterocycles. The maximum absolute atomic E-state index is 7.33. The fourth-order valence-electron chi connectivity index (χ4n) is 7.63. The summed E-state index contributed by atoms with van der Waals surface area (Å²) in [6.45, 7) is 8.63. The van der Waals surface area contributed by atoms with Crippen LogP contribution >= 0.6 is 25.5 Å². The Labute approximate surface area is 259 Å². The Morgan fingerprint density at radius 3 is 1.63 bits per heavy atom. The Balaban J connectivity index is 1.76. The van der Waals surface area contributed by atoms with E-state index in [1.807, 2.05) is 4.26 Å². The van der Waals surface area contributed by atoms with Gasteiger partial charge in [0.2, 0.25) is 0 Å². The van der Waals surface area contributed by atoms with Crippen molar-refractivity contribution in [2.45, 2.75) is 42.6 Å². The number of rotatable bonds is 10. The second kappa shape index (κ2) is 13.1. The molecule has 1 aliphatic rings. The van der Waals surface area contributed by atoms with Crippen LogP contribution in [0.4, 0.5) is 0 Å². The van der Waals surface area contributed by atoms with Gasteiger partial charge in [0.05, 0.1) is 5.41 Å². The van der Waals surface area contributed by atoms with Crippen LogP contribution in [-0.4, -0.2) is 19.4 Å². The second-order valence-corrected chi connectivity index (χ2v) is 15.1. The van der Waals surface area contributed by atoms with Crippen LogP contribution in [0.3, 0.4) is 0 Å². The smallest absolute Gasteiger partial charge is 0.169 e. The number of nitrogens with one attached hydrogen (secondary N) is 1. The predicted octanol–water partition coefficient (Wildman–Crippen LogP) is 9.68. The third-order valence-electron chi connectivity index (χ3n) is 9.16. The summed E-state index contributed by atoms with van der Waals surface area (Å²) in [5.41, 5.74) is 3.99. The van der Waals surface area contributed by atoms with Crippen molar-refractivity contribution in [1.82, 2.24) is 13.3 Å². The number of nitrogens with zero attached hydrogens (tertiary/aromatic N) is 2. The van der Waals surface area contributed by atoms with Crippen molar-refractivity contribution in [2.24, 2.45) is 5.41 Å². The van der Waals surface area contributed by atoms with Crippen molar-refractivity contribution in [3.05, 3.63) is 169 Å². The van der Waals surface area contributed by atoms with E-state index in [4.69, 9.17) is 4.84 Å². The molecule has 5 aromatic rings. The highest BCUT2D eigenvalue weighted by Crippen LogP contribution is 2.63. The molecule has 43 heavy (non-hydrogen) atoms. The average Bonchev–Trinajstić information content (AvgIpc) is 3.08. The predicted molar refractivity (Wildman–Crippen MR) is 185 cm³/mol. The molecule has 1 aliphatic carbocycles. The van der Waals surface area contributed by atoms with Gasteiger partial charge < -0.3 is 4.51 Å². The van der Waals surface area contributed by atoms with Crippen molar-refractivity contribution >= 4 is 25.5 Å². The van der Waals surface area contributed by atoms with Crippen molar-refractivity contribution in [1.29, 1.82) is 0 Å². The number of aromatic amines is 1. The zero-order valence-electron chi connectivity index (χ0n) is 24.3. The first kappa shape index (κ1) is 29.7. The molecular formula is C36H38N3OP3. The topological polar surface area (TPSA) is 42.8 Å². The molecule has 0 amide bonds. The number of H-pyrrole nitrogens is 1. The van der Waals surface area contributed by atoms with Gasteiger partial charge in [-0.15, -0.1) is 13.2 Å². The third kappa shape index (κ3) is 5.55. The minimum absolute atomic E-state index is 0.222. The fourth-order valence-corrected chi connectivity index (χ4v) is 10.7. The van der Waals surface area contributed by atoms with Crippen LogP contribution in [0.25, 0.3) is 0 Å². The highest BCUT2D eigenvalue weighted by atomic mass is 31.1. The first-order valence-corrected chi connectivity index (χ1v) is 17.4. The van der Waals surface area contributed by atoms with Crippen LogP contribution < -0.4 is 4.84 Å². The molecule has 0 radical (unpaired) electrons. The Morgan fingerprint density at radius 2 is 1.21 bits per heavy atom. The molecule has 1 saturated carbocycles. The molecule has 4 nitrogen and oxygen atoms in total. The summed E-state index contributed by atoms with van der Waals surface area (Å²) in [6.07, 6.45) is 7.25. The van der Waals surface area contributed by atoms with Crippen LogP contribution in [-0.2, 0) is 10.8 Å². The minimum Gasteiger partial charge on any atom is -0.311 e. The van der Waals surface area contributed by atoms with Gasteiger partial charge >= 0.3 is 0 Å². The molecule has 1 fully saturated rings. The van der Waals surface area contributed by atoms with E-state index < -0.39 is 5.41 Å². The van der Waals surface area contributed by atoms with Crippen molar-refractivity contribution in [3.63, 3.8) is 0 Å². The van der Waals surface area contributed by atoms with E-state index in [1.165, 1.54) is 22.3 Å². The first-order chi connectivity index (χ1) is 21.2. The maximum Gasteiger partial charge on any atom is 0.169 e. The molecule has 0 bridgehead atoms. The molecule has 0 saturated heterocycles. The van der Waals surface area contributed by atoms with Gasteiger partial charge in [-0.25, -0.2) is 0 Å². The fraction of sp³-hybridized carbons (Fsp3) is 0.222. The zero-order chi connectivity index (χ0) is 29.6. The van der Waals surface area contributed by atoms with Crippen LogP contribution in [0.5, 0.6) is 0 Å². The Kier molecular flexibility index (Phi) is 9.03. The molecule has 0 aliphatic heterocycles. The van der Waals surface area contributed by atoms with Crippen LogP contribution in [0.1, 0.15) is 47.9 Å². The SMILES string of the molecule is C=CCC1(CC=C)CC(c2ccccc2)(c2ccccc2)CC(c2ccccc2)(c2ccccc2)C1On1pn[pH][nH][pH]1. The molecule has 6 rings (SSSR count). The van der Waals surface area contributed by atoms with E-state index in [2.05, 4.69) is 156 Å². The molecule has 0 spiro atoms. The van der Waals surface area contributed by atoms with E-state index in [0.29, 0.717) is 17.0 Å². The molecule has 3 atom stereocenters. The lowest BCUT2D eigenvalue weighted by Gasteiger charge is -2.61. The lowest BCUT2D eigenvalue weighted by Crippen LogP contribution is -2.64. The standard InChI is InChI=1S/C36H38N3OP3/c1-3-25-34(26-4-2)27-35(29-17-9-5-10-18-29,30-19-11-6-12-20-30)28-36(31-21-13-7-14-22-31,32-23-15-8-16-24-32)33(34)40-39-42-37-41-38-43-39/h3-24,33,37,41-42H,1-2,25-28H2. The summed E-state index contributed by atoms with van der Waals surface area (Å²) in [5, 5.41) is 0. The zero-order valence-corrected chi connectivity index (χ0v) is 27.2. The third-order valence-corrected chi connectivity index (χ3v) is 11.9. The van der Waals surface area contributed by atoms with Gasteiger partial charge in [0.1, 0.15) is 6.10 Å². The maximum atomic E-state index is 7.33. The number of aromatic nitrogens is 3. The van der Waals surface area contributed by atoms with Gasteiger partial charge in [-0.2, -0.15) is 8.76 Å². The Hall–Kier alpha value is -3.38. The normalized spacial score (nSPS) is 18.9. The molecule has 1 N–H and O–H groups in total. The van der Waals surface area contributed by atoms with Gasteiger partial charge in [0.15, 0.2) is 8.51 Å². The highest BCUT2D eigenvalue weighted by Gasteiger charge is 2.63. The van der Waals surface area contributed by atoms with Crippen LogP contribution in [0.2, 0.25) is 0 Å². The van der Waals surface area contributed by atoms with Gasteiger partial charge in [0.25, 0.3) is 0 Å². The summed E-state index contributed by atoms with van der Waals surface area (Å²) in [4.78, 5) is 7.33. The lowest BCUT2D eigenvalue weighted by molar-refractivity contribution is -0.107. The Bertz CT molecular complexity index is 1550. The Morgan fingerprint density at radius 1 is 0.744 bits per heavy atom. The van der Waals surface area contributed by atoms with E-state index in [9.17, 15) is 0 Å². The lowest BCUT2D eigenvalue weighted by atomic mass is 9.44. The quantitative estimate of drug-likeness (QED) is 0.158. The summed E-state index contributed by atoms with van der Waals surface area (Å²) in [6, 6.07) is 44.3. The molecule has 4 aromatic carbocycles. The molecule has 3 unspecified atom stereocenters. The second-order valence-electron chi connectivity index (χ2n) is 11.5. The highest BCUT2D eigenvalue weighted by molar-refractivity contribution is 7.44. The molecule has 7 heteroatoms. The first-order valence-electron chi connectivity index (χ1n) is 14.7. The summed E-state index contributed by atoms with van der Waals surface area (Å²) >= 11 is 0. The molecule has 218 valence electrons. The van der Waals surface area contributed by atoms with Crippen molar-refractivity contribution < 1.29 is 4.84 Å². The van der Waals surface area contributed by atoms with Gasteiger partial charge in [0, 0.05) is 27.8 Å². The number of allylic oxidation sites excluding steroid dienone is 2. The van der Waals surface area contributed by atoms with E-state index >= 15 is 0 Å². The van der Waals surface area contributed by atoms with Gasteiger partial charge in [-0.05, 0) is 47.9 Å². The van der Waals surface area contributed by atoms with Crippen LogP contribution in [0.15, 0.2) is 147 Å². The van der Waals surface area contributed by atoms with Crippen molar-refractivity contribution in [2.75, 3.05) is 0 Å². The average molecular weight is 622 g/mol. The minimum atomic E-state index is -0.516. The summed E-state index contributed by atoms with van der Waals surface area (Å²) in [7, 11) is 1.57. The monoisotopic (exact) mass is 621 g/mol. The number of hydrogen-bond donors (Lipinski definition) is 1. The van der Waals surface area contributed by atoms with Crippen molar-refractivity contribution in [3.8, 4) is 0 Å².